The molecule has 2 rings (SSSR count). The molecule has 1 aromatic carbocycles. The molecule has 1 heterocycles. The van der Waals surface area contributed by atoms with Crippen LogP contribution < -0.4 is 9.47 Å². The van der Waals surface area contributed by atoms with Gasteiger partial charge in [-0.25, -0.2) is 12.8 Å². The van der Waals surface area contributed by atoms with E-state index >= 15 is 0 Å². The number of piperidine rings is 1. The molecule has 7 heteroatoms. The van der Waals surface area contributed by atoms with Crippen LogP contribution in [0.5, 0.6) is 11.5 Å². The average Bonchev–Trinajstić information content (AvgIpc) is 2.46. The van der Waals surface area contributed by atoms with E-state index in [0.717, 1.165) is 25.3 Å². The Morgan fingerprint density at radius 2 is 1.81 bits per heavy atom. The summed E-state index contributed by atoms with van der Waals surface area (Å²) in [5.74, 6) is -0.465. The van der Waals surface area contributed by atoms with E-state index in [-0.39, 0.29) is 22.4 Å². The highest BCUT2D eigenvalue weighted by atomic mass is 32.2. The first-order valence-electron chi connectivity index (χ1n) is 6.85. The van der Waals surface area contributed by atoms with Gasteiger partial charge in [-0.05, 0) is 19.8 Å². The highest BCUT2D eigenvalue weighted by Crippen LogP contribution is 2.34. The van der Waals surface area contributed by atoms with Crippen molar-refractivity contribution >= 4 is 10.0 Å². The van der Waals surface area contributed by atoms with E-state index in [1.54, 1.807) is 0 Å². The van der Waals surface area contributed by atoms with Gasteiger partial charge in [0.2, 0.25) is 10.0 Å². The van der Waals surface area contributed by atoms with Gasteiger partial charge in [0.15, 0.2) is 11.5 Å². The molecule has 1 saturated heterocycles. The first-order chi connectivity index (χ1) is 9.91. The van der Waals surface area contributed by atoms with Crippen molar-refractivity contribution < 1.29 is 22.3 Å². The summed E-state index contributed by atoms with van der Waals surface area (Å²) in [5, 5.41) is 0. The Morgan fingerprint density at radius 3 is 2.38 bits per heavy atom. The zero-order valence-corrected chi connectivity index (χ0v) is 13.2. The molecule has 1 unspecified atom stereocenters. The fraction of sp³-hybridized carbons (Fsp3) is 0.571. The lowest BCUT2D eigenvalue weighted by Gasteiger charge is -2.32. The molecule has 0 aromatic heterocycles. The summed E-state index contributed by atoms with van der Waals surface area (Å²) in [6.45, 7) is 2.26. The van der Waals surface area contributed by atoms with Crippen LogP contribution in [0.4, 0.5) is 4.39 Å². The van der Waals surface area contributed by atoms with Crippen LogP contribution in [0.1, 0.15) is 26.2 Å². The molecule has 1 fully saturated rings. The van der Waals surface area contributed by atoms with Crippen molar-refractivity contribution in [3.63, 3.8) is 0 Å². The van der Waals surface area contributed by atoms with Gasteiger partial charge in [-0.15, -0.1) is 0 Å². The second-order valence-corrected chi connectivity index (χ2v) is 6.96. The molecular weight excluding hydrogens is 297 g/mol. The van der Waals surface area contributed by atoms with Gasteiger partial charge in [0.25, 0.3) is 0 Å². The van der Waals surface area contributed by atoms with Gasteiger partial charge in [-0.3, -0.25) is 0 Å². The SMILES string of the molecule is COc1cc(F)c(S(=O)(=O)N2CCCCC2C)cc1OC. The lowest BCUT2D eigenvalue weighted by Crippen LogP contribution is -2.42. The van der Waals surface area contributed by atoms with Crippen LogP contribution >= 0.6 is 0 Å². The van der Waals surface area contributed by atoms with Crippen LogP contribution in [-0.4, -0.2) is 39.5 Å². The summed E-state index contributed by atoms with van der Waals surface area (Å²) in [7, 11) is -1.12. The Labute approximate surface area is 124 Å². The Balaban J connectivity index is 2.49. The summed E-state index contributed by atoms with van der Waals surface area (Å²) in [4.78, 5) is -0.367. The Kier molecular flexibility index (Phi) is 4.73. The fourth-order valence-electron chi connectivity index (χ4n) is 2.59. The Hall–Kier alpha value is -1.34. The summed E-state index contributed by atoms with van der Waals surface area (Å²) in [6, 6.07) is 2.10. The molecule has 1 aromatic rings. The number of nitrogens with zero attached hydrogens (tertiary/aromatic N) is 1. The number of hydrogen-bond donors (Lipinski definition) is 0. The molecule has 1 atom stereocenters. The topological polar surface area (TPSA) is 55.8 Å². The second kappa shape index (κ2) is 6.19. The molecule has 21 heavy (non-hydrogen) atoms. The summed E-state index contributed by atoms with van der Waals surface area (Å²) in [6.07, 6.45) is 2.56. The van der Waals surface area contributed by atoms with E-state index in [1.807, 2.05) is 6.92 Å². The first kappa shape index (κ1) is 16.0. The number of rotatable bonds is 4. The molecule has 118 valence electrons. The minimum absolute atomic E-state index is 0.128. The van der Waals surface area contributed by atoms with Gasteiger partial charge in [0.1, 0.15) is 10.7 Å². The molecular formula is C14H20FNO4S. The fourth-order valence-corrected chi connectivity index (χ4v) is 4.35. The third-order valence-electron chi connectivity index (χ3n) is 3.77. The normalized spacial score (nSPS) is 20.3. The van der Waals surface area contributed by atoms with Crippen molar-refractivity contribution in [2.75, 3.05) is 20.8 Å². The lowest BCUT2D eigenvalue weighted by atomic mass is 10.1. The van der Waals surface area contributed by atoms with Gasteiger partial charge in [0.05, 0.1) is 14.2 Å². The van der Waals surface area contributed by atoms with E-state index in [4.69, 9.17) is 9.47 Å². The zero-order valence-electron chi connectivity index (χ0n) is 12.4. The standard InChI is InChI=1S/C14H20FNO4S/c1-10-6-4-5-7-16(10)21(17,18)14-9-13(20-3)12(19-2)8-11(14)15/h8-10H,4-7H2,1-3H3. The van der Waals surface area contributed by atoms with Crippen LogP contribution in [0.25, 0.3) is 0 Å². The quantitative estimate of drug-likeness (QED) is 0.856. The molecule has 5 nitrogen and oxygen atoms in total. The average molecular weight is 317 g/mol. The summed E-state index contributed by atoms with van der Waals surface area (Å²) < 4.78 is 50.9. The van der Waals surface area contributed by atoms with E-state index in [0.29, 0.717) is 6.54 Å². The third-order valence-corrected chi connectivity index (χ3v) is 5.80. The molecule has 0 amide bonds. The van der Waals surface area contributed by atoms with Gasteiger partial charge in [-0.1, -0.05) is 6.42 Å². The maximum atomic E-state index is 14.2. The number of methoxy groups -OCH3 is 2. The predicted octanol–water partition coefficient (Wildman–Crippen LogP) is 2.41. The van der Waals surface area contributed by atoms with Crippen molar-refractivity contribution in [2.24, 2.45) is 0 Å². The van der Waals surface area contributed by atoms with Crippen molar-refractivity contribution in [3.8, 4) is 11.5 Å². The minimum atomic E-state index is -3.88. The van der Waals surface area contributed by atoms with Crippen molar-refractivity contribution in [2.45, 2.75) is 37.1 Å². The van der Waals surface area contributed by atoms with Crippen LogP contribution in [-0.2, 0) is 10.0 Å². The molecule has 0 aliphatic carbocycles. The number of benzene rings is 1. The lowest BCUT2D eigenvalue weighted by molar-refractivity contribution is 0.267. The van der Waals surface area contributed by atoms with Crippen molar-refractivity contribution in [1.82, 2.24) is 4.31 Å². The third kappa shape index (κ3) is 2.98. The Bertz CT molecular complexity index is 618. The monoisotopic (exact) mass is 317 g/mol. The van der Waals surface area contributed by atoms with Crippen LogP contribution in [0.2, 0.25) is 0 Å². The first-order valence-corrected chi connectivity index (χ1v) is 8.29. The molecule has 1 aliphatic rings. The van der Waals surface area contributed by atoms with Gasteiger partial charge < -0.3 is 9.47 Å². The highest BCUT2D eigenvalue weighted by molar-refractivity contribution is 7.89. The molecule has 1 aliphatic heterocycles. The molecule has 0 N–H and O–H groups in total. The molecule has 0 bridgehead atoms. The van der Waals surface area contributed by atoms with E-state index in [2.05, 4.69) is 0 Å². The number of ether oxygens (including phenoxy) is 2. The van der Waals surface area contributed by atoms with Crippen LogP contribution in [0.15, 0.2) is 17.0 Å². The Morgan fingerprint density at radius 1 is 1.19 bits per heavy atom. The second-order valence-electron chi connectivity index (χ2n) is 5.10. The van der Waals surface area contributed by atoms with Gasteiger partial charge in [-0.2, -0.15) is 4.31 Å². The molecule has 0 saturated carbocycles. The number of sulfonamides is 1. The maximum absolute atomic E-state index is 14.2. The van der Waals surface area contributed by atoms with Crippen LogP contribution in [0, 0.1) is 5.82 Å². The van der Waals surface area contributed by atoms with E-state index in [1.165, 1.54) is 24.6 Å². The van der Waals surface area contributed by atoms with Crippen molar-refractivity contribution in [1.29, 1.82) is 0 Å². The summed E-state index contributed by atoms with van der Waals surface area (Å²) >= 11 is 0. The van der Waals surface area contributed by atoms with E-state index < -0.39 is 15.8 Å². The summed E-state index contributed by atoms with van der Waals surface area (Å²) in [5.41, 5.74) is 0. The van der Waals surface area contributed by atoms with E-state index in [9.17, 15) is 12.8 Å². The largest absolute Gasteiger partial charge is 0.493 e. The maximum Gasteiger partial charge on any atom is 0.246 e. The molecule has 0 spiro atoms. The smallest absolute Gasteiger partial charge is 0.246 e. The van der Waals surface area contributed by atoms with Crippen molar-refractivity contribution in [3.05, 3.63) is 17.9 Å². The number of halogens is 1. The highest BCUT2D eigenvalue weighted by Gasteiger charge is 2.33. The van der Waals surface area contributed by atoms with Gasteiger partial charge >= 0.3 is 0 Å². The van der Waals surface area contributed by atoms with Crippen LogP contribution in [0.3, 0.4) is 0 Å². The number of hydrogen-bond acceptors (Lipinski definition) is 4. The minimum Gasteiger partial charge on any atom is -0.493 e. The predicted molar refractivity (Wildman–Crippen MR) is 76.7 cm³/mol. The van der Waals surface area contributed by atoms with Gasteiger partial charge in [0, 0.05) is 24.7 Å². The molecule has 0 radical (unpaired) electrons. The zero-order chi connectivity index (χ0) is 15.6.